The molecule has 2 aromatic carbocycles. The second-order valence-corrected chi connectivity index (χ2v) is 12.4. The van der Waals surface area contributed by atoms with Crippen molar-refractivity contribution in [3.05, 3.63) is 82.7 Å². The van der Waals surface area contributed by atoms with E-state index in [4.69, 9.17) is 33.0 Å². The van der Waals surface area contributed by atoms with Crippen molar-refractivity contribution in [2.75, 3.05) is 51.5 Å². The lowest BCUT2D eigenvalue weighted by molar-refractivity contribution is 0.122. The zero-order chi connectivity index (χ0) is 30.8. The first kappa shape index (κ1) is 31.7. The van der Waals surface area contributed by atoms with Crippen molar-refractivity contribution >= 4 is 30.1 Å². The average molecular weight is 641 g/mol. The van der Waals surface area contributed by atoms with Crippen LogP contribution in [0.25, 0.3) is 11.8 Å². The molecule has 44 heavy (non-hydrogen) atoms. The molecule has 1 fully saturated rings. The first-order valence-electron chi connectivity index (χ1n) is 14.4. The number of hydrogen-bond donors (Lipinski definition) is 0. The number of methoxy groups -OCH3 is 1. The normalized spacial score (nSPS) is 13.8. The maximum absolute atomic E-state index is 13.0. The van der Waals surface area contributed by atoms with Crippen LogP contribution in [0.5, 0.6) is 17.4 Å². The highest BCUT2D eigenvalue weighted by atomic mass is 32.1. The van der Waals surface area contributed by atoms with E-state index in [0.717, 1.165) is 48.4 Å². The summed E-state index contributed by atoms with van der Waals surface area (Å²) in [5, 5.41) is 7.64. The van der Waals surface area contributed by atoms with Gasteiger partial charge in [-0.25, -0.2) is 9.67 Å². The molecule has 0 amide bonds. The number of hydrogen-bond acceptors (Lipinski definition) is 11. The van der Waals surface area contributed by atoms with Gasteiger partial charge in [-0.2, -0.15) is 0 Å². The molecular formula is C31H37N4O7PS. The molecule has 4 aromatic rings. The van der Waals surface area contributed by atoms with Crippen molar-refractivity contribution in [1.29, 1.82) is 0 Å². The lowest BCUT2D eigenvalue weighted by Crippen LogP contribution is -2.36. The number of rotatable bonds is 15. The number of morpholine rings is 1. The molecule has 2 aromatic heterocycles. The fraction of sp³-hybridized carbons (Fsp3) is 0.355. The van der Waals surface area contributed by atoms with Crippen molar-refractivity contribution < 1.29 is 32.6 Å². The van der Waals surface area contributed by atoms with E-state index in [9.17, 15) is 4.57 Å². The van der Waals surface area contributed by atoms with Gasteiger partial charge < -0.3 is 32.9 Å². The molecule has 0 radical (unpaired) electrons. The summed E-state index contributed by atoms with van der Waals surface area (Å²) in [5.41, 5.74) is 3.20. The fourth-order valence-corrected chi connectivity index (χ4v) is 6.63. The zero-order valence-corrected chi connectivity index (χ0v) is 26.8. The van der Waals surface area contributed by atoms with E-state index in [0.29, 0.717) is 29.5 Å². The van der Waals surface area contributed by atoms with Crippen LogP contribution in [-0.2, 0) is 31.6 Å². The molecule has 0 saturated carbocycles. The standard InChI is InChI=1S/C31H37N4O7PS/c1-4-41-43(36,42-5-2)18-13-25-20-35(27-9-7-6-8-10-27)33-30(25)40-21-24-11-12-28(29(19-24)37-3)39-22-26-23-44-31(32-26)34-14-16-38-17-15-34/h6-13,18-20,23H,4-5,14-17,21-22H2,1-3H3/b18-13+. The molecule has 13 heteroatoms. The minimum atomic E-state index is -3.41. The van der Waals surface area contributed by atoms with E-state index in [-0.39, 0.29) is 19.8 Å². The predicted molar refractivity (Wildman–Crippen MR) is 170 cm³/mol. The number of ether oxygens (including phenoxy) is 4. The molecule has 3 heterocycles. The molecule has 1 saturated heterocycles. The maximum atomic E-state index is 13.0. The Balaban J connectivity index is 1.28. The van der Waals surface area contributed by atoms with Crippen LogP contribution in [0.3, 0.4) is 0 Å². The molecule has 1 aliphatic heterocycles. The molecule has 234 valence electrons. The first-order valence-corrected chi connectivity index (χ1v) is 16.9. The van der Waals surface area contributed by atoms with E-state index in [2.05, 4.69) is 10.00 Å². The van der Waals surface area contributed by atoms with Crippen LogP contribution in [0.2, 0.25) is 0 Å². The van der Waals surface area contributed by atoms with Gasteiger partial charge in [-0.3, -0.25) is 4.57 Å². The van der Waals surface area contributed by atoms with E-state index >= 15 is 0 Å². The van der Waals surface area contributed by atoms with Crippen LogP contribution in [-0.4, -0.2) is 61.4 Å². The van der Waals surface area contributed by atoms with Gasteiger partial charge in [-0.1, -0.05) is 24.3 Å². The van der Waals surface area contributed by atoms with Crippen molar-refractivity contribution in [3.63, 3.8) is 0 Å². The number of thiazole rings is 1. The highest BCUT2D eigenvalue weighted by Gasteiger charge is 2.20. The number of para-hydroxylation sites is 1. The van der Waals surface area contributed by atoms with Gasteiger partial charge in [0.15, 0.2) is 16.6 Å². The minimum absolute atomic E-state index is 0.215. The Morgan fingerprint density at radius 3 is 2.50 bits per heavy atom. The summed E-state index contributed by atoms with van der Waals surface area (Å²) in [5.74, 6) is 3.00. The number of benzene rings is 2. The molecule has 0 spiro atoms. The van der Waals surface area contributed by atoms with Crippen molar-refractivity contribution in [2.24, 2.45) is 0 Å². The molecule has 1 aliphatic rings. The molecule has 0 N–H and O–H groups in total. The van der Waals surface area contributed by atoms with Crippen LogP contribution in [0.15, 0.2) is 65.9 Å². The number of anilines is 1. The Bertz CT molecular complexity index is 1560. The van der Waals surface area contributed by atoms with Gasteiger partial charge in [0, 0.05) is 30.5 Å². The van der Waals surface area contributed by atoms with Crippen LogP contribution in [0.4, 0.5) is 5.13 Å². The quantitative estimate of drug-likeness (QED) is 0.133. The van der Waals surface area contributed by atoms with Crippen LogP contribution >= 0.6 is 18.9 Å². The van der Waals surface area contributed by atoms with Crippen molar-refractivity contribution in [3.8, 4) is 23.1 Å². The average Bonchev–Trinajstić information content (AvgIpc) is 3.70. The van der Waals surface area contributed by atoms with Crippen molar-refractivity contribution in [2.45, 2.75) is 27.1 Å². The Kier molecular flexibility index (Phi) is 11.1. The van der Waals surface area contributed by atoms with Gasteiger partial charge in [0.25, 0.3) is 0 Å². The zero-order valence-electron chi connectivity index (χ0n) is 25.1. The molecule has 11 nitrogen and oxygen atoms in total. The maximum Gasteiger partial charge on any atom is 0.354 e. The van der Waals surface area contributed by atoms with Gasteiger partial charge >= 0.3 is 7.60 Å². The summed E-state index contributed by atoms with van der Waals surface area (Å²) in [6.07, 6.45) is 3.47. The number of nitrogens with zero attached hydrogens (tertiary/aromatic N) is 4. The smallest absolute Gasteiger partial charge is 0.354 e. The first-order chi connectivity index (χ1) is 21.5. The SMILES string of the molecule is CCOP(=O)(/C=C/c1cn(-c2ccccc2)nc1OCc1ccc(OCc2csc(N3CCOCC3)n2)c(OC)c1)OCC. The van der Waals surface area contributed by atoms with Crippen LogP contribution in [0.1, 0.15) is 30.7 Å². The fourth-order valence-electron chi connectivity index (χ4n) is 4.45. The third kappa shape index (κ3) is 8.28. The van der Waals surface area contributed by atoms with E-state index in [1.54, 1.807) is 43.1 Å². The molecule has 0 atom stereocenters. The molecule has 0 unspecified atom stereocenters. The minimum Gasteiger partial charge on any atom is -0.493 e. The summed E-state index contributed by atoms with van der Waals surface area (Å²) in [6, 6.07) is 15.3. The lowest BCUT2D eigenvalue weighted by atomic mass is 10.2. The highest BCUT2D eigenvalue weighted by molar-refractivity contribution is 7.57. The summed E-state index contributed by atoms with van der Waals surface area (Å²) < 4.78 is 48.9. The van der Waals surface area contributed by atoms with Gasteiger partial charge in [-0.15, -0.1) is 16.4 Å². The predicted octanol–water partition coefficient (Wildman–Crippen LogP) is 6.57. The Labute approximate surface area is 261 Å². The van der Waals surface area contributed by atoms with Crippen LogP contribution < -0.4 is 19.1 Å². The van der Waals surface area contributed by atoms with Crippen molar-refractivity contribution in [1.82, 2.24) is 14.8 Å². The third-order valence-electron chi connectivity index (χ3n) is 6.58. The monoisotopic (exact) mass is 640 g/mol. The molecular weight excluding hydrogens is 603 g/mol. The van der Waals surface area contributed by atoms with Gasteiger partial charge in [0.2, 0.25) is 5.88 Å². The summed E-state index contributed by atoms with van der Waals surface area (Å²) in [7, 11) is -1.81. The highest BCUT2D eigenvalue weighted by Crippen LogP contribution is 2.50. The Morgan fingerprint density at radius 2 is 1.77 bits per heavy atom. The Hall–Kier alpha value is -3.67. The van der Waals surface area contributed by atoms with E-state index in [1.165, 1.54) is 5.82 Å². The third-order valence-corrected chi connectivity index (χ3v) is 9.28. The van der Waals surface area contributed by atoms with Gasteiger partial charge in [0.1, 0.15) is 13.2 Å². The molecule has 0 bridgehead atoms. The van der Waals surface area contributed by atoms with Gasteiger partial charge in [0.05, 0.1) is 50.5 Å². The summed E-state index contributed by atoms with van der Waals surface area (Å²) in [6.45, 7) is 7.73. The van der Waals surface area contributed by atoms with E-state index < -0.39 is 7.60 Å². The number of aromatic nitrogens is 3. The van der Waals surface area contributed by atoms with Gasteiger partial charge in [-0.05, 0) is 49.8 Å². The molecule has 0 aliphatic carbocycles. The largest absolute Gasteiger partial charge is 0.493 e. The lowest BCUT2D eigenvalue weighted by Gasteiger charge is -2.26. The van der Waals surface area contributed by atoms with E-state index in [1.807, 2.05) is 60.1 Å². The molecule has 5 rings (SSSR count). The topological polar surface area (TPSA) is 106 Å². The second-order valence-electron chi connectivity index (χ2n) is 9.64. The summed E-state index contributed by atoms with van der Waals surface area (Å²) >= 11 is 1.61. The Morgan fingerprint density at radius 1 is 1.00 bits per heavy atom. The van der Waals surface area contributed by atoms with Crippen LogP contribution in [0, 0.1) is 0 Å². The summed E-state index contributed by atoms with van der Waals surface area (Å²) in [4.78, 5) is 6.95. The second kappa shape index (κ2) is 15.4.